The Kier molecular flexibility index (Phi) is 6.83. The summed E-state index contributed by atoms with van der Waals surface area (Å²) in [6.45, 7) is 6.24. The molecule has 0 unspecified atom stereocenters. The number of aromatic nitrogens is 2. The second-order valence-electron chi connectivity index (χ2n) is 7.55. The maximum absolute atomic E-state index is 13.0. The number of imidazole rings is 1. The van der Waals surface area contributed by atoms with Gasteiger partial charge >= 0.3 is 0 Å². The van der Waals surface area contributed by atoms with Crippen molar-refractivity contribution in [3.8, 4) is 11.5 Å². The van der Waals surface area contributed by atoms with E-state index in [0.29, 0.717) is 53.7 Å². The molecule has 1 aliphatic rings. The molecule has 1 aromatic heterocycles. The molecule has 0 atom stereocenters. The Morgan fingerprint density at radius 3 is 2.68 bits per heavy atom. The molecule has 0 bridgehead atoms. The highest BCUT2D eigenvalue weighted by Crippen LogP contribution is 2.37. The predicted molar refractivity (Wildman–Crippen MR) is 109 cm³/mol. The van der Waals surface area contributed by atoms with Gasteiger partial charge in [0.15, 0.2) is 11.5 Å². The van der Waals surface area contributed by atoms with E-state index in [-0.39, 0.29) is 5.91 Å². The summed E-state index contributed by atoms with van der Waals surface area (Å²) < 4.78 is 13.4. The van der Waals surface area contributed by atoms with Crippen LogP contribution >= 0.6 is 11.6 Å². The Balaban J connectivity index is 1.67. The van der Waals surface area contributed by atoms with Crippen LogP contribution in [0.25, 0.3) is 0 Å². The average molecular weight is 406 g/mol. The molecular formula is C21H28ClN3O3. The van der Waals surface area contributed by atoms with Crippen LogP contribution in [0, 0.1) is 5.92 Å². The van der Waals surface area contributed by atoms with Crippen molar-refractivity contribution in [3.05, 3.63) is 41.4 Å². The number of amides is 1. The number of rotatable bonds is 7. The first-order chi connectivity index (χ1) is 13.5. The number of hydrogen-bond acceptors (Lipinski definition) is 4. The first kappa shape index (κ1) is 20.5. The minimum absolute atomic E-state index is 0.0296. The minimum Gasteiger partial charge on any atom is -0.493 e. The van der Waals surface area contributed by atoms with Crippen molar-refractivity contribution in [1.29, 1.82) is 0 Å². The maximum Gasteiger partial charge on any atom is 0.254 e. The molecule has 2 aromatic rings. The van der Waals surface area contributed by atoms with Gasteiger partial charge in [-0.1, -0.05) is 25.4 Å². The largest absolute Gasteiger partial charge is 0.493 e. The lowest BCUT2D eigenvalue weighted by Crippen LogP contribution is -2.38. The van der Waals surface area contributed by atoms with Gasteiger partial charge in [-0.25, -0.2) is 4.98 Å². The van der Waals surface area contributed by atoms with E-state index in [1.165, 1.54) is 0 Å². The van der Waals surface area contributed by atoms with E-state index >= 15 is 0 Å². The van der Waals surface area contributed by atoms with Crippen molar-refractivity contribution in [2.24, 2.45) is 5.92 Å². The smallest absolute Gasteiger partial charge is 0.254 e. The van der Waals surface area contributed by atoms with Crippen LogP contribution in [0.2, 0.25) is 5.02 Å². The van der Waals surface area contributed by atoms with Gasteiger partial charge in [0.2, 0.25) is 0 Å². The zero-order valence-electron chi connectivity index (χ0n) is 16.7. The number of carbonyl (C=O) groups is 1. The predicted octanol–water partition coefficient (Wildman–Crippen LogP) is 4.45. The molecule has 3 rings (SSSR count). The topological polar surface area (TPSA) is 56.6 Å². The van der Waals surface area contributed by atoms with E-state index in [2.05, 4.69) is 23.4 Å². The molecule has 0 spiro atoms. The number of hydrogen-bond donors (Lipinski definition) is 0. The monoisotopic (exact) mass is 405 g/mol. The van der Waals surface area contributed by atoms with Gasteiger partial charge in [-0.2, -0.15) is 0 Å². The van der Waals surface area contributed by atoms with E-state index in [4.69, 9.17) is 21.1 Å². The first-order valence-electron chi connectivity index (χ1n) is 9.76. The van der Waals surface area contributed by atoms with Crippen LogP contribution in [0.1, 0.15) is 49.5 Å². The molecule has 1 aliphatic heterocycles. The third kappa shape index (κ3) is 4.79. The molecule has 1 amide bonds. The van der Waals surface area contributed by atoms with E-state index in [1.807, 2.05) is 17.4 Å². The van der Waals surface area contributed by atoms with Gasteiger partial charge in [0.25, 0.3) is 5.91 Å². The van der Waals surface area contributed by atoms with E-state index < -0.39 is 0 Å². The fourth-order valence-electron chi connectivity index (χ4n) is 3.42. The third-order valence-electron chi connectivity index (χ3n) is 5.12. The van der Waals surface area contributed by atoms with E-state index in [0.717, 1.165) is 19.3 Å². The van der Waals surface area contributed by atoms with Crippen LogP contribution < -0.4 is 9.47 Å². The molecule has 7 heteroatoms. The molecule has 1 saturated heterocycles. The summed E-state index contributed by atoms with van der Waals surface area (Å²) in [5.41, 5.74) is 0.527. The quantitative estimate of drug-likeness (QED) is 0.683. The van der Waals surface area contributed by atoms with Gasteiger partial charge in [0.05, 0.1) is 25.1 Å². The zero-order chi connectivity index (χ0) is 20.1. The maximum atomic E-state index is 13.0. The summed E-state index contributed by atoms with van der Waals surface area (Å²) in [6.07, 6.45) is 8.34. The van der Waals surface area contributed by atoms with E-state index in [1.54, 1.807) is 25.4 Å². The summed E-state index contributed by atoms with van der Waals surface area (Å²) >= 11 is 6.42. The van der Waals surface area contributed by atoms with Crippen LogP contribution in [0.5, 0.6) is 11.5 Å². The number of likely N-dealkylation sites (tertiary alicyclic amines) is 1. The SMILES string of the molecule is COc1cc(C(=O)N2CCC(n3ccnc3)CC2)cc(Cl)c1OCCC(C)C. The fraction of sp³-hybridized carbons (Fsp3) is 0.524. The molecule has 1 fully saturated rings. The third-order valence-corrected chi connectivity index (χ3v) is 5.40. The Bertz CT molecular complexity index is 784. The Labute approximate surface area is 171 Å². The number of methoxy groups -OCH3 is 1. The van der Waals surface area contributed by atoms with Crippen molar-refractivity contribution < 1.29 is 14.3 Å². The Morgan fingerprint density at radius 1 is 1.32 bits per heavy atom. The van der Waals surface area contributed by atoms with E-state index in [9.17, 15) is 4.79 Å². The first-order valence-corrected chi connectivity index (χ1v) is 10.1. The van der Waals surface area contributed by atoms with Crippen LogP contribution in [0.3, 0.4) is 0 Å². The Hall–Kier alpha value is -2.21. The normalized spacial score (nSPS) is 15.1. The molecule has 0 N–H and O–H groups in total. The van der Waals surface area contributed by atoms with Crippen LogP contribution in [0.15, 0.2) is 30.9 Å². The van der Waals surface area contributed by atoms with Gasteiger partial charge in [-0.15, -0.1) is 0 Å². The van der Waals surface area contributed by atoms with Gasteiger partial charge in [0.1, 0.15) is 0 Å². The van der Waals surface area contributed by atoms with Gasteiger partial charge in [0, 0.05) is 37.1 Å². The average Bonchev–Trinajstić information content (AvgIpc) is 3.23. The molecule has 28 heavy (non-hydrogen) atoms. The lowest BCUT2D eigenvalue weighted by molar-refractivity contribution is 0.0694. The van der Waals surface area contributed by atoms with Gasteiger partial charge in [-0.05, 0) is 37.3 Å². The summed E-state index contributed by atoms with van der Waals surface area (Å²) in [7, 11) is 1.56. The summed E-state index contributed by atoms with van der Waals surface area (Å²) in [5.74, 6) is 1.50. The molecule has 2 heterocycles. The minimum atomic E-state index is -0.0296. The number of carbonyl (C=O) groups excluding carboxylic acids is 1. The molecule has 152 valence electrons. The number of nitrogens with zero attached hydrogens (tertiary/aromatic N) is 3. The van der Waals surface area contributed by atoms with Gasteiger partial charge in [-0.3, -0.25) is 4.79 Å². The molecule has 1 aromatic carbocycles. The number of piperidine rings is 1. The number of ether oxygens (including phenoxy) is 2. The lowest BCUT2D eigenvalue weighted by atomic mass is 10.0. The van der Waals surface area contributed by atoms with Gasteiger partial charge < -0.3 is 18.9 Å². The zero-order valence-corrected chi connectivity index (χ0v) is 17.5. The molecule has 0 aliphatic carbocycles. The van der Waals surface area contributed by atoms with Crippen LogP contribution in [-0.2, 0) is 0 Å². The van der Waals surface area contributed by atoms with Crippen molar-refractivity contribution in [1.82, 2.24) is 14.5 Å². The Morgan fingerprint density at radius 2 is 2.07 bits per heavy atom. The molecule has 6 nitrogen and oxygen atoms in total. The second kappa shape index (κ2) is 9.32. The highest BCUT2D eigenvalue weighted by Gasteiger charge is 2.26. The van der Waals surface area contributed by atoms with Crippen molar-refractivity contribution >= 4 is 17.5 Å². The highest BCUT2D eigenvalue weighted by atomic mass is 35.5. The molecular weight excluding hydrogens is 378 g/mol. The fourth-order valence-corrected chi connectivity index (χ4v) is 3.68. The van der Waals surface area contributed by atoms with Crippen LogP contribution in [-0.4, -0.2) is 47.2 Å². The standard InChI is InChI=1S/C21H28ClN3O3/c1-15(2)6-11-28-20-18(22)12-16(13-19(20)27-3)21(26)24-8-4-17(5-9-24)25-10-7-23-14-25/h7,10,12-15,17H,4-6,8-9,11H2,1-3H3. The number of halogens is 1. The molecule has 0 radical (unpaired) electrons. The van der Waals surface area contributed by atoms with Crippen molar-refractivity contribution in [2.75, 3.05) is 26.8 Å². The van der Waals surface area contributed by atoms with Crippen molar-refractivity contribution in [3.63, 3.8) is 0 Å². The summed E-state index contributed by atoms with van der Waals surface area (Å²) in [4.78, 5) is 19.0. The van der Waals surface area contributed by atoms with Crippen LogP contribution in [0.4, 0.5) is 0 Å². The summed E-state index contributed by atoms with van der Waals surface area (Å²) in [6, 6.07) is 3.79. The van der Waals surface area contributed by atoms with Crippen molar-refractivity contribution in [2.45, 2.75) is 39.2 Å². The summed E-state index contributed by atoms with van der Waals surface area (Å²) in [5, 5.41) is 0.403. The molecule has 0 saturated carbocycles. The lowest BCUT2D eigenvalue weighted by Gasteiger charge is -2.32. The highest BCUT2D eigenvalue weighted by molar-refractivity contribution is 6.32. The number of benzene rings is 1. The second-order valence-corrected chi connectivity index (χ2v) is 7.96.